The highest BCUT2D eigenvalue weighted by atomic mass is 15.1. The normalized spacial score (nSPS) is 26.2. The third-order valence-corrected chi connectivity index (χ3v) is 4.15. The van der Waals surface area contributed by atoms with Gasteiger partial charge in [-0.1, -0.05) is 31.2 Å². The van der Waals surface area contributed by atoms with Crippen LogP contribution in [0.1, 0.15) is 47.0 Å². The van der Waals surface area contributed by atoms with Crippen molar-refractivity contribution in [2.24, 2.45) is 11.3 Å². The predicted octanol–water partition coefficient (Wildman–Crippen LogP) is 4.78. The predicted molar refractivity (Wildman–Crippen MR) is 81.5 cm³/mol. The minimum absolute atomic E-state index is 0.566. The number of likely N-dealkylation sites (N-methyl/N-ethyl adjacent to an activating group) is 1. The first-order valence-electron chi connectivity index (χ1n) is 7.05. The largest absolute Gasteiger partial charge is 0.375 e. The van der Waals surface area contributed by atoms with Crippen LogP contribution in [0.5, 0.6) is 0 Å². The molecule has 0 aromatic carbocycles. The maximum Gasteiger partial charge on any atom is 0.0287 e. The molecule has 0 spiro atoms. The fourth-order valence-electron chi connectivity index (χ4n) is 2.55. The lowest BCUT2D eigenvalue weighted by molar-refractivity contribution is 0.358. The third kappa shape index (κ3) is 4.36. The highest BCUT2D eigenvalue weighted by molar-refractivity contribution is 5.13. The Morgan fingerprint density at radius 2 is 2.11 bits per heavy atom. The topological polar surface area (TPSA) is 3.24 Å². The van der Waals surface area contributed by atoms with Gasteiger partial charge in [-0.3, -0.25) is 0 Å². The molecule has 102 valence electrons. The van der Waals surface area contributed by atoms with E-state index < -0.39 is 0 Å². The fraction of sp³-hybridized carbons (Fsp3) is 0.647. The van der Waals surface area contributed by atoms with Gasteiger partial charge in [-0.25, -0.2) is 0 Å². The minimum Gasteiger partial charge on any atom is -0.375 e. The van der Waals surface area contributed by atoms with E-state index in [0.29, 0.717) is 5.41 Å². The first kappa shape index (κ1) is 15.1. The summed E-state index contributed by atoms with van der Waals surface area (Å²) in [4.78, 5) is 2.29. The molecule has 0 aromatic rings. The van der Waals surface area contributed by atoms with Crippen LogP contribution in [0.4, 0.5) is 0 Å². The molecule has 1 rings (SSSR count). The summed E-state index contributed by atoms with van der Waals surface area (Å²) in [5.74, 6) is 0.843. The number of hydrogen-bond donors (Lipinski definition) is 0. The molecule has 2 atom stereocenters. The molecular formula is C17H29N. The van der Waals surface area contributed by atoms with Crippen LogP contribution in [-0.2, 0) is 0 Å². The van der Waals surface area contributed by atoms with E-state index in [1.54, 1.807) is 0 Å². The highest BCUT2D eigenvalue weighted by Gasteiger charge is 2.49. The van der Waals surface area contributed by atoms with Crippen molar-refractivity contribution in [1.82, 2.24) is 4.90 Å². The van der Waals surface area contributed by atoms with Gasteiger partial charge in [0.15, 0.2) is 0 Å². The van der Waals surface area contributed by atoms with Gasteiger partial charge in [-0.05, 0) is 57.4 Å². The quantitative estimate of drug-likeness (QED) is 0.462. The molecule has 1 nitrogen and oxygen atoms in total. The van der Waals surface area contributed by atoms with Crippen molar-refractivity contribution in [2.75, 3.05) is 13.6 Å². The first-order valence-corrected chi connectivity index (χ1v) is 7.05. The second-order valence-electron chi connectivity index (χ2n) is 6.25. The number of hydrogen-bond acceptors (Lipinski definition) is 1. The van der Waals surface area contributed by atoms with Crippen molar-refractivity contribution < 1.29 is 0 Å². The molecule has 0 aliphatic heterocycles. The van der Waals surface area contributed by atoms with Crippen LogP contribution < -0.4 is 0 Å². The van der Waals surface area contributed by atoms with Gasteiger partial charge in [0.05, 0.1) is 0 Å². The molecule has 1 fully saturated rings. The summed E-state index contributed by atoms with van der Waals surface area (Å²) in [6.07, 6.45) is 10.4. The Labute approximate surface area is 113 Å². The van der Waals surface area contributed by atoms with Crippen LogP contribution in [0.15, 0.2) is 36.1 Å². The van der Waals surface area contributed by atoms with Crippen molar-refractivity contribution in [2.45, 2.75) is 47.0 Å². The van der Waals surface area contributed by atoms with E-state index >= 15 is 0 Å². The zero-order valence-corrected chi connectivity index (χ0v) is 12.8. The molecule has 0 saturated heterocycles. The third-order valence-electron chi connectivity index (χ3n) is 4.15. The van der Waals surface area contributed by atoms with Crippen LogP contribution in [0, 0.1) is 11.3 Å². The molecule has 0 unspecified atom stereocenters. The van der Waals surface area contributed by atoms with Gasteiger partial charge in [-0.2, -0.15) is 0 Å². The molecule has 0 N–H and O–H groups in total. The van der Waals surface area contributed by atoms with E-state index in [9.17, 15) is 0 Å². The maximum atomic E-state index is 4.09. The van der Waals surface area contributed by atoms with Gasteiger partial charge in [-0.15, -0.1) is 0 Å². The Morgan fingerprint density at radius 3 is 2.67 bits per heavy atom. The summed E-state index contributed by atoms with van der Waals surface area (Å²) >= 11 is 0. The van der Waals surface area contributed by atoms with Gasteiger partial charge in [0.2, 0.25) is 0 Å². The van der Waals surface area contributed by atoms with Crippen LogP contribution in [0.2, 0.25) is 0 Å². The van der Waals surface area contributed by atoms with E-state index in [1.807, 2.05) is 6.92 Å². The number of allylic oxidation sites excluding steroid dienone is 4. The average Bonchev–Trinajstić information content (AvgIpc) is 2.88. The van der Waals surface area contributed by atoms with Gasteiger partial charge in [0.1, 0.15) is 0 Å². The molecule has 18 heavy (non-hydrogen) atoms. The Bertz CT molecular complexity index is 347. The second kappa shape index (κ2) is 6.26. The van der Waals surface area contributed by atoms with Crippen molar-refractivity contribution in [1.29, 1.82) is 0 Å². The van der Waals surface area contributed by atoms with E-state index in [4.69, 9.17) is 0 Å². The van der Waals surface area contributed by atoms with Gasteiger partial charge < -0.3 is 4.90 Å². The molecule has 0 bridgehead atoms. The average molecular weight is 247 g/mol. The number of rotatable bonds is 7. The Morgan fingerprint density at radius 1 is 1.44 bits per heavy atom. The van der Waals surface area contributed by atoms with Crippen LogP contribution in [-0.4, -0.2) is 18.5 Å². The SMILES string of the molecule is C=C(/C=C/C)N(C)C[C@@H]1C[C@]1(C)CCC=C(C)C. The Balaban J connectivity index is 2.35. The molecule has 0 aromatic heterocycles. The van der Waals surface area contributed by atoms with Gasteiger partial charge in [0.25, 0.3) is 0 Å². The van der Waals surface area contributed by atoms with E-state index in [1.165, 1.54) is 24.8 Å². The van der Waals surface area contributed by atoms with Crippen LogP contribution >= 0.6 is 0 Å². The zero-order valence-electron chi connectivity index (χ0n) is 12.8. The van der Waals surface area contributed by atoms with Gasteiger partial charge >= 0.3 is 0 Å². The molecule has 1 aliphatic rings. The molecule has 1 aliphatic carbocycles. The molecule has 1 heteroatoms. The summed E-state index contributed by atoms with van der Waals surface area (Å²) in [5.41, 5.74) is 3.13. The van der Waals surface area contributed by atoms with Crippen LogP contribution in [0.3, 0.4) is 0 Å². The standard InChI is InChI=1S/C17H29N/c1-7-9-15(4)18(6)13-16-12-17(16,5)11-8-10-14(2)3/h7,9-10,16H,4,8,11-13H2,1-3,5-6H3/b9-7+/t16-,17-/m0/s1. The summed E-state index contributed by atoms with van der Waals surface area (Å²) in [5, 5.41) is 0. The summed E-state index contributed by atoms with van der Waals surface area (Å²) in [6, 6.07) is 0. The van der Waals surface area contributed by atoms with E-state index in [2.05, 4.69) is 57.5 Å². The lowest BCUT2D eigenvalue weighted by Gasteiger charge is -2.21. The van der Waals surface area contributed by atoms with Crippen molar-refractivity contribution in [3.05, 3.63) is 36.1 Å². The van der Waals surface area contributed by atoms with Crippen LogP contribution in [0.25, 0.3) is 0 Å². The summed E-state index contributed by atoms with van der Waals surface area (Å²) in [7, 11) is 2.15. The number of nitrogens with zero attached hydrogens (tertiary/aromatic N) is 1. The Kier molecular flexibility index (Phi) is 5.25. The fourth-order valence-corrected chi connectivity index (χ4v) is 2.55. The lowest BCUT2D eigenvalue weighted by atomic mass is 9.98. The van der Waals surface area contributed by atoms with Gasteiger partial charge in [0, 0.05) is 19.3 Å². The molecule has 0 radical (unpaired) electrons. The zero-order chi connectivity index (χ0) is 13.8. The molecule has 0 amide bonds. The summed E-state index contributed by atoms with van der Waals surface area (Å²) < 4.78 is 0. The Hall–Kier alpha value is -0.980. The monoisotopic (exact) mass is 247 g/mol. The lowest BCUT2D eigenvalue weighted by Crippen LogP contribution is -2.20. The highest BCUT2D eigenvalue weighted by Crippen LogP contribution is 2.55. The minimum atomic E-state index is 0.566. The van der Waals surface area contributed by atoms with Crippen molar-refractivity contribution in [3.8, 4) is 0 Å². The molecule has 0 heterocycles. The second-order valence-corrected chi connectivity index (χ2v) is 6.25. The van der Waals surface area contributed by atoms with Crippen molar-refractivity contribution >= 4 is 0 Å². The maximum absolute atomic E-state index is 4.09. The molecule has 1 saturated carbocycles. The van der Waals surface area contributed by atoms with Crippen molar-refractivity contribution in [3.63, 3.8) is 0 Å². The molecular weight excluding hydrogens is 218 g/mol. The first-order chi connectivity index (χ1) is 8.39. The van der Waals surface area contributed by atoms with E-state index in [0.717, 1.165) is 18.2 Å². The van der Waals surface area contributed by atoms with E-state index in [-0.39, 0.29) is 0 Å². The smallest absolute Gasteiger partial charge is 0.0287 e. The summed E-state index contributed by atoms with van der Waals surface area (Å²) in [6.45, 7) is 14.1.